The van der Waals surface area contributed by atoms with Crippen LogP contribution in [0.3, 0.4) is 0 Å². The van der Waals surface area contributed by atoms with Gasteiger partial charge in [0.1, 0.15) is 11.7 Å². The van der Waals surface area contributed by atoms with Gasteiger partial charge in [0.2, 0.25) is 0 Å². The molecule has 2 aromatic rings. The van der Waals surface area contributed by atoms with Crippen molar-refractivity contribution in [2.24, 2.45) is 0 Å². The number of fused-ring (bicyclic) bond motifs is 1. The third-order valence-electron chi connectivity index (χ3n) is 5.57. The number of hydrogen-bond acceptors (Lipinski definition) is 2. The Morgan fingerprint density at radius 3 is 1.85 bits per heavy atom. The molecule has 0 saturated carbocycles. The summed E-state index contributed by atoms with van der Waals surface area (Å²) in [6.07, 6.45) is 0. The predicted octanol–water partition coefficient (Wildman–Crippen LogP) is 6.26. The topological polar surface area (TPSA) is 26.3 Å². The molecular formula is C25H32O2. The van der Waals surface area contributed by atoms with Gasteiger partial charge in [0.05, 0.1) is 0 Å². The third-order valence-corrected chi connectivity index (χ3v) is 5.57. The largest absolute Gasteiger partial charge is 0.425 e. The number of carbonyl (C=O) groups is 1. The van der Waals surface area contributed by atoms with E-state index in [-0.39, 0.29) is 22.7 Å². The Bertz CT molecular complexity index is 898. The second kappa shape index (κ2) is 6.22. The molecule has 0 radical (unpaired) electrons. The monoisotopic (exact) mass is 364 g/mol. The zero-order valence-corrected chi connectivity index (χ0v) is 18.2. The van der Waals surface area contributed by atoms with Crippen molar-refractivity contribution in [3.8, 4) is 5.75 Å². The number of esters is 1. The van der Waals surface area contributed by atoms with Crippen molar-refractivity contribution in [2.45, 2.75) is 79.1 Å². The Morgan fingerprint density at radius 1 is 0.815 bits per heavy atom. The van der Waals surface area contributed by atoms with Gasteiger partial charge in [-0.1, -0.05) is 71.4 Å². The average Bonchev–Trinajstić information content (AvgIpc) is 2.80. The van der Waals surface area contributed by atoms with Gasteiger partial charge >= 0.3 is 5.97 Å². The highest BCUT2D eigenvalue weighted by Gasteiger charge is 2.40. The van der Waals surface area contributed by atoms with Crippen LogP contribution in [0.5, 0.6) is 5.75 Å². The highest BCUT2D eigenvalue weighted by atomic mass is 16.5. The normalized spacial score (nSPS) is 17.1. The molecule has 2 aromatic carbocycles. The molecule has 0 saturated heterocycles. The molecule has 27 heavy (non-hydrogen) atoms. The highest BCUT2D eigenvalue weighted by Crippen LogP contribution is 2.48. The van der Waals surface area contributed by atoms with Gasteiger partial charge in [-0.3, -0.25) is 4.79 Å². The number of ether oxygens (including phenoxy) is 1. The Morgan fingerprint density at radius 2 is 1.37 bits per heavy atom. The quantitative estimate of drug-likeness (QED) is 0.441. The van der Waals surface area contributed by atoms with Crippen molar-refractivity contribution in [3.05, 3.63) is 63.2 Å². The Kier molecular flexibility index (Phi) is 4.53. The van der Waals surface area contributed by atoms with E-state index >= 15 is 0 Å². The number of carbonyl (C=O) groups excluding carboxylic acids is 1. The van der Waals surface area contributed by atoms with E-state index in [1.54, 1.807) is 0 Å². The Labute approximate surface area is 164 Å². The molecule has 2 heteroatoms. The fourth-order valence-electron chi connectivity index (χ4n) is 4.18. The smallest absolute Gasteiger partial charge is 0.323 e. The number of rotatable bonds is 1. The van der Waals surface area contributed by atoms with Crippen LogP contribution >= 0.6 is 0 Å². The van der Waals surface area contributed by atoms with Gasteiger partial charge in [-0.25, -0.2) is 0 Å². The standard InChI is InChI=1S/C25H32O2/c1-14-10-15(2)20(16(3)11-14)21-18-12-17(24(4,5)6)13-19(25(7,8)9)22(18)27-23(21)26/h10-13,21H,1-9H3. The second-order valence-electron chi connectivity index (χ2n) is 10.1. The molecule has 0 fully saturated rings. The molecule has 1 aliphatic heterocycles. The van der Waals surface area contributed by atoms with Crippen LogP contribution in [0.4, 0.5) is 0 Å². The van der Waals surface area contributed by atoms with Gasteiger partial charge < -0.3 is 4.74 Å². The first-order valence-corrected chi connectivity index (χ1v) is 9.79. The zero-order valence-electron chi connectivity index (χ0n) is 18.2. The van der Waals surface area contributed by atoms with Crippen LogP contribution in [0.15, 0.2) is 24.3 Å². The average molecular weight is 365 g/mol. The Balaban J connectivity index is 2.32. The molecule has 1 atom stereocenters. The van der Waals surface area contributed by atoms with Crippen LogP contribution in [-0.2, 0) is 15.6 Å². The molecule has 0 N–H and O–H groups in total. The lowest BCUT2D eigenvalue weighted by molar-refractivity contribution is -0.133. The van der Waals surface area contributed by atoms with Gasteiger partial charge in [0.15, 0.2) is 0 Å². The van der Waals surface area contributed by atoms with E-state index < -0.39 is 0 Å². The minimum atomic E-state index is -0.344. The molecule has 144 valence electrons. The summed E-state index contributed by atoms with van der Waals surface area (Å²) < 4.78 is 5.90. The molecule has 1 heterocycles. The molecule has 0 bridgehead atoms. The number of hydrogen-bond donors (Lipinski definition) is 0. The molecule has 3 rings (SSSR count). The van der Waals surface area contributed by atoms with E-state index in [9.17, 15) is 4.79 Å². The molecule has 1 aliphatic rings. The summed E-state index contributed by atoms with van der Waals surface area (Å²) >= 11 is 0. The predicted molar refractivity (Wildman–Crippen MR) is 112 cm³/mol. The van der Waals surface area contributed by atoms with Crippen LogP contribution in [-0.4, -0.2) is 5.97 Å². The van der Waals surface area contributed by atoms with Crippen LogP contribution in [0.1, 0.15) is 86.4 Å². The van der Waals surface area contributed by atoms with E-state index in [0.717, 1.165) is 33.6 Å². The molecule has 0 aliphatic carbocycles. The molecule has 2 nitrogen and oxygen atoms in total. The maximum atomic E-state index is 13.0. The second-order valence-corrected chi connectivity index (χ2v) is 10.1. The molecule has 1 unspecified atom stereocenters. The molecular weight excluding hydrogens is 332 g/mol. The van der Waals surface area contributed by atoms with E-state index in [2.05, 4.69) is 86.6 Å². The summed E-state index contributed by atoms with van der Waals surface area (Å²) in [5.41, 5.74) is 7.91. The lowest BCUT2D eigenvalue weighted by Gasteiger charge is -2.27. The Hall–Kier alpha value is -2.09. The maximum Gasteiger partial charge on any atom is 0.323 e. The summed E-state index contributed by atoms with van der Waals surface area (Å²) in [4.78, 5) is 13.0. The summed E-state index contributed by atoms with van der Waals surface area (Å²) in [7, 11) is 0. The van der Waals surface area contributed by atoms with Crippen molar-refractivity contribution in [1.29, 1.82) is 0 Å². The summed E-state index contributed by atoms with van der Waals surface area (Å²) in [5.74, 6) is 0.269. The molecule has 0 amide bonds. The first-order valence-electron chi connectivity index (χ1n) is 9.79. The van der Waals surface area contributed by atoms with Crippen LogP contribution in [0, 0.1) is 20.8 Å². The van der Waals surface area contributed by atoms with Crippen molar-refractivity contribution in [2.75, 3.05) is 0 Å². The van der Waals surface area contributed by atoms with E-state index in [1.807, 2.05) is 0 Å². The highest BCUT2D eigenvalue weighted by molar-refractivity contribution is 5.91. The zero-order chi connectivity index (χ0) is 20.3. The van der Waals surface area contributed by atoms with Crippen molar-refractivity contribution in [1.82, 2.24) is 0 Å². The van der Waals surface area contributed by atoms with Crippen molar-refractivity contribution >= 4 is 5.97 Å². The van der Waals surface area contributed by atoms with Gasteiger partial charge in [0, 0.05) is 11.1 Å². The SMILES string of the molecule is Cc1cc(C)c(C2C(=O)Oc3c2cc(C(C)(C)C)cc3C(C)(C)C)c(C)c1. The van der Waals surface area contributed by atoms with Crippen LogP contribution in [0.2, 0.25) is 0 Å². The fraction of sp³-hybridized carbons (Fsp3) is 0.480. The lowest BCUT2D eigenvalue weighted by atomic mass is 9.76. The summed E-state index contributed by atoms with van der Waals surface area (Å²) in [6, 6.07) is 8.74. The third kappa shape index (κ3) is 3.42. The lowest BCUT2D eigenvalue weighted by Crippen LogP contribution is -2.17. The van der Waals surface area contributed by atoms with E-state index in [0.29, 0.717) is 0 Å². The first-order chi connectivity index (χ1) is 12.3. The van der Waals surface area contributed by atoms with Gasteiger partial charge in [0.25, 0.3) is 0 Å². The van der Waals surface area contributed by atoms with Gasteiger partial charge in [-0.05, 0) is 53.9 Å². The van der Waals surface area contributed by atoms with Crippen LogP contribution < -0.4 is 4.74 Å². The molecule has 0 aromatic heterocycles. The summed E-state index contributed by atoms with van der Waals surface area (Å²) in [5, 5.41) is 0. The fourth-order valence-corrected chi connectivity index (χ4v) is 4.18. The van der Waals surface area contributed by atoms with Gasteiger partial charge in [-0.15, -0.1) is 0 Å². The van der Waals surface area contributed by atoms with Crippen LogP contribution in [0.25, 0.3) is 0 Å². The minimum Gasteiger partial charge on any atom is -0.425 e. The van der Waals surface area contributed by atoms with Crippen molar-refractivity contribution in [3.63, 3.8) is 0 Å². The maximum absolute atomic E-state index is 13.0. The van der Waals surface area contributed by atoms with E-state index in [1.165, 1.54) is 11.1 Å². The van der Waals surface area contributed by atoms with E-state index in [4.69, 9.17) is 4.74 Å². The number of aryl methyl sites for hydroxylation is 3. The minimum absolute atomic E-state index is 0.00256. The molecule has 0 spiro atoms. The summed E-state index contributed by atoms with van der Waals surface area (Å²) in [6.45, 7) is 19.5. The van der Waals surface area contributed by atoms with Gasteiger partial charge in [-0.2, -0.15) is 0 Å². The number of benzene rings is 2. The van der Waals surface area contributed by atoms with Crippen molar-refractivity contribution < 1.29 is 9.53 Å². The first kappa shape index (κ1) is 19.7.